The second-order valence-electron chi connectivity index (χ2n) is 3.10. The zero-order chi connectivity index (χ0) is 8.72. The molecule has 0 aromatic rings. The van der Waals surface area contributed by atoms with Gasteiger partial charge in [0.15, 0.2) is 6.23 Å². The van der Waals surface area contributed by atoms with E-state index < -0.39 is 0 Å². The van der Waals surface area contributed by atoms with Crippen molar-refractivity contribution in [3.05, 3.63) is 11.8 Å². The highest BCUT2D eigenvalue weighted by Crippen LogP contribution is 2.35. The summed E-state index contributed by atoms with van der Waals surface area (Å²) in [5.74, 6) is 1.02. The SMILES string of the molecule is CC1/C(=C/CN)OC2CC(=O)N21. The molecule has 2 heterocycles. The van der Waals surface area contributed by atoms with Gasteiger partial charge in [-0.15, -0.1) is 0 Å². The Kier molecular flexibility index (Phi) is 1.58. The lowest BCUT2D eigenvalue weighted by molar-refractivity contribution is -0.156. The van der Waals surface area contributed by atoms with E-state index in [1.807, 2.05) is 13.0 Å². The second-order valence-corrected chi connectivity index (χ2v) is 3.10. The first-order valence-electron chi connectivity index (χ1n) is 4.12. The van der Waals surface area contributed by atoms with Crippen LogP contribution < -0.4 is 5.73 Å². The fourth-order valence-corrected chi connectivity index (χ4v) is 1.69. The molecular formula is C8H12N2O2. The molecule has 2 aliphatic heterocycles. The van der Waals surface area contributed by atoms with Crippen molar-refractivity contribution in [2.45, 2.75) is 25.6 Å². The molecule has 0 aliphatic carbocycles. The highest BCUT2D eigenvalue weighted by atomic mass is 16.5. The van der Waals surface area contributed by atoms with E-state index in [9.17, 15) is 4.79 Å². The van der Waals surface area contributed by atoms with E-state index in [1.54, 1.807) is 4.90 Å². The van der Waals surface area contributed by atoms with Gasteiger partial charge in [-0.2, -0.15) is 0 Å². The van der Waals surface area contributed by atoms with Crippen molar-refractivity contribution < 1.29 is 9.53 Å². The number of carbonyl (C=O) groups excluding carboxylic acids is 1. The summed E-state index contributed by atoms with van der Waals surface area (Å²) >= 11 is 0. The number of ether oxygens (including phenoxy) is 1. The molecule has 0 radical (unpaired) electrons. The minimum absolute atomic E-state index is 0.00898. The molecule has 66 valence electrons. The quantitative estimate of drug-likeness (QED) is 0.552. The Hall–Kier alpha value is -1.03. The molecule has 0 saturated carbocycles. The van der Waals surface area contributed by atoms with Gasteiger partial charge in [-0.3, -0.25) is 9.69 Å². The number of hydrogen-bond acceptors (Lipinski definition) is 3. The summed E-state index contributed by atoms with van der Waals surface area (Å²) in [5.41, 5.74) is 5.36. The summed E-state index contributed by atoms with van der Waals surface area (Å²) in [7, 11) is 0. The molecule has 0 aromatic heterocycles. The maximum absolute atomic E-state index is 11.1. The van der Waals surface area contributed by atoms with E-state index in [1.165, 1.54) is 0 Å². The summed E-state index contributed by atoms with van der Waals surface area (Å²) < 4.78 is 5.47. The number of amides is 1. The Balaban J connectivity index is 2.15. The second kappa shape index (κ2) is 2.48. The zero-order valence-corrected chi connectivity index (χ0v) is 6.99. The summed E-state index contributed by atoms with van der Waals surface area (Å²) in [6.45, 7) is 2.42. The van der Waals surface area contributed by atoms with Crippen LogP contribution in [-0.2, 0) is 9.53 Å². The Morgan fingerprint density at radius 3 is 3.08 bits per heavy atom. The maximum atomic E-state index is 11.1. The number of fused-ring (bicyclic) bond motifs is 1. The van der Waals surface area contributed by atoms with Gasteiger partial charge < -0.3 is 10.5 Å². The van der Waals surface area contributed by atoms with Crippen LogP contribution in [0, 0.1) is 0 Å². The number of β-lactam (4-membered cyclic amide) rings is 1. The van der Waals surface area contributed by atoms with E-state index >= 15 is 0 Å². The maximum Gasteiger partial charge on any atom is 0.231 e. The van der Waals surface area contributed by atoms with Crippen LogP contribution in [0.15, 0.2) is 11.8 Å². The van der Waals surface area contributed by atoms with Gasteiger partial charge in [0.05, 0.1) is 12.5 Å². The number of hydrogen-bond donors (Lipinski definition) is 1. The summed E-state index contributed by atoms with van der Waals surface area (Å²) in [6, 6.07) is 0.0831. The Morgan fingerprint density at radius 1 is 1.83 bits per heavy atom. The van der Waals surface area contributed by atoms with Gasteiger partial charge in [0.2, 0.25) is 5.91 Å². The van der Waals surface area contributed by atoms with E-state index in [-0.39, 0.29) is 18.2 Å². The molecule has 4 heteroatoms. The van der Waals surface area contributed by atoms with Gasteiger partial charge >= 0.3 is 0 Å². The van der Waals surface area contributed by atoms with E-state index in [4.69, 9.17) is 10.5 Å². The first-order valence-corrected chi connectivity index (χ1v) is 4.12. The van der Waals surface area contributed by atoms with Gasteiger partial charge in [-0.05, 0) is 13.0 Å². The third kappa shape index (κ3) is 0.845. The standard InChI is InChI=1S/C8H12N2O2/c1-5-6(2-3-9)12-8-4-7(11)10(5)8/h2,5,8H,3-4,9H2,1H3/b6-2-. The van der Waals surface area contributed by atoms with E-state index in [0.717, 1.165) is 5.76 Å². The fourth-order valence-electron chi connectivity index (χ4n) is 1.69. The smallest absolute Gasteiger partial charge is 0.231 e. The molecule has 2 saturated heterocycles. The van der Waals surface area contributed by atoms with Crippen LogP contribution in [0.5, 0.6) is 0 Å². The van der Waals surface area contributed by atoms with Crippen LogP contribution in [0.4, 0.5) is 0 Å². The largest absolute Gasteiger partial charge is 0.472 e. The van der Waals surface area contributed by atoms with Crippen molar-refractivity contribution in [2.24, 2.45) is 5.73 Å². The van der Waals surface area contributed by atoms with Gasteiger partial charge in [0.25, 0.3) is 0 Å². The van der Waals surface area contributed by atoms with Crippen molar-refractivity contribution in [3.63, 3.8) is 0 Å². The van der Waals surface area contributed by atoms with Crippen LogP contribution in [-0.4, -0.2) is 29.6 Å². The van der Waals surface area contributed by atoms with Crippen molar-refractivity contribution >= 4 is 5.91 Å². The van der Waals surface area contributed by atoms with E-state index in [2.05, 4.69) is 0 Å². The number of rotatable bonds is 1. The molecule has 0 aromatic carbocycles. The topological polar surface area (TPSA) is 55.6 Å². The average Bonchev–Trinajstić information content (AvgIpc) is 2.24. The normalized spacial score (nSPS) is 36.3. The van der Waals surface area contributed by atoms with Gasteiger partial charge in [0, 0.05) is 6.54 Å². The van der Waals surface area contributed by atoms with Crippen LogP contribution in [0.3, 0.4) is 0 Å². The van der Waals surface area contributed by atoms with Crippen LogP contribution >= 0.6 is 0 Å². The molecule has 2 fully saturated rings. The van der Waals surface area contributed by atoms with Crippen molar-refractivity contribution in [1.29, 1.82) is 0 Å². The zero-order valence-electron chi connectivity index (χ0n) is 6.99. The first-order chi connectivity index (χ1) is 5.74. The third-order valence-electron chi connectivity index (χ3n) is 2.37. The van der Waals surface area contributed by atoms with E-state index in [0.29, 0.717) is 13.0 Å². The monoisotopic (exact) mass is 168 g/mol. The molecule has 0 spiro atoms. The molecule has 12 heavy (non-hydrogen) atoms. The molecule has 1 amide bonds. The number of carbonyl (C=O) groups is 1. The molecule has 2 rings (SSSR count). The summed E-state index contributed by atoms with van der Waals surface area (Å²) in [4.78, 5) is 12.8. The van der Waals surface area contributed by atoms with Crippen molar-refractivity contribution in [2.75, 3.05) is 6.54 Å². The minimum Gasteiger partial charge on any atom is -0.472 e. The molecule has 0 bridgehead atoms. The molecular weight excluding hydrogens is 156 g/mol. The average molecular weight is 168 g/mol. The Bertz CT molecular complexity index is 249. The van der Waals surface area contributed by atoms with Crippen molar-refractivity contribution in [1.82, 2.24) is 4.90 Å². The van der Waals surface area contributed by atoms with Gasteiger partial charge in [0.1, 0.15) is 5.76 Å². The molecule has 2 atom stereocenters. The predicted octanol–water partition coefficient (Wildman–Crippen LogP) is -0.194. The lowest BCUT2D eigenvalue weighted by Gasteiger charge is -2.33. The molecule has 2 aliphatic rings. The minimum atomic E-state index is -0.00898. The number of nitrogens with two attached hydrogens (primary N) is 1. The molecule has 4 nitrogen and oxygen atoms in total. The Labute approximate surface area is 71.0 Å². The van der Waals surface area contributed by atoms with Gasteiger partial charge in [-0.1, -0.05) is 0 Å². The lowest BCUT2D eigenvalue weighted by Crippen LogP contribution is -2.51. The highest BCUT2D eigenvalue weighted by Gasteiger charge is 2.48. The Morgan fingerprint density at radius 2 is 2.58 bits per heavy atom. The molecule has 2 N–H and O–H groups in total. The lowest BCUT2D eigenvalue weighted by atomic mass is 10.1. The first kappa shape index (κ1) is 7.61. The fraction of sp³-hybridized carbons (Fsp3) is 0.625. The predicted molar refractivity (Wildman–Crippen MR) is 42.9 cm³/mol. The number of nitrogens with zero attached hydrogens (tertiary/aromatic N) is 1. The van der Waals surface area contributed by atoms with Crippen LogP contribution in [0.2, 0.25) is 0 Å². The van der Waals surface area contributed by atoms with Gasteiger partial charge in [-0.25, -0.2) is 0 Å². The summed E-state index contributed by atoms with van der Waals surface area (Å²) in [6.07, 6.45) is 2.34. The highest BCUT2D eigenvalue weighted by molar-refractivity contribution is 5.83. The van der Waals surface area contributed by atoms with Crippen LogP contribution in [0.1, 0.15) is 13.3 Å². The third-order valence-corrected chi connectivity index (χ3v) is 2.37. The molecule has 2 unspecified atom stereocenters. The van der Waals surface area contributed by atoms with Crippen LogP contribution in [0.25, 0.3) is 0 Å². The summed E-state index contributed by atoms with van der Waals surface area (Å²) in [5, 5.41) is 0. The van der Waals surface area contributed by atoms with Crippen molar-refractivity contribution in [3.8, 4) is 0 Å².